The molecule has 2 atom stereocenters. The van der Waals surface area contributed by atoms with Crippen molar-refractivity contribution in [3.63, 3.8) is 0 Å². The largest absolute Gasteiger partial charge is 0.487 e. The van der Waals surface area contributed by atoms with Gasteiger partial charge in [-0.15, -0.1) is 0 Å². The average molecular weight is 312 g/mol. The summed E-state index contributed by atoms with van der Waals surface area (Å²) >= 11 is 0. The van der Waals surface area contributed by atoms with Crippen molar-refractivity contribution in [2.45, 2.75) is 38.5 Å². The first-order valence-electron chi connectivity index (χ1n) is 8.12. The molecule has 3 rings (SSSR count). The number of para-hydroxylation sites is 1. The fourth-order valence-electron chi connectivity index (χ4n) is 3.15. The van der Waals surface area contributed by atoms with Gasteiger partial charge in [-0.05, 0) is 44.5 Å². The summed E-state index contributed by atoms with van der Waals surface area (Å²) in [5.41, 5.74) is 1.19. The number of benzene rings is 1. The topological polar surface area (TPSA) is 45.6 Å². The highest BCUT2D eigenvalue weighted by Gasteiger charge is 2.39. The number of β-amino-alcohol motifs (C(OH)–C–C–N with tert-alkyl or cyclic N) is 1. The van der Waals surface area contributed by atoms with E-state index in [4.69, 9.17) is 4.74 Å². The van der Waals surface area contributed by atoms with Crippen LogP contribution in [0.15, 0.2) is 48.5 Å². The van der Waals surface area contributed by atoms with Crippen LogP contribution in [0.5, 0.6) is 5.75 Å². The molecule has 23 heavy (non-hydrogen) atoms. The van der Waals surface area contributed by atoms with Crippen LogP contribution >= 0.6 is 0 Å². The second-order valence-corrected chi connectivity index (χ2v) is 6.55. The highest BCUT2D eigenvalue weighted by Crippen LogP contribution is 2.27. The molecule has 0 aliphatic carbocycles. The minimum Gasteiger partial charge on any atom is -0.487 e. The van der Waals surface area contributed by atoms with Gasteiger partial charge in [-0.25, -0.2) is 0 Å². The summed E-state index contributed by atoms with van der Waals surface area (Å²) in [6.45, 7) is 6.09. The minimum absolute atomic E-state index is 0.188. The van der Waals surface area contributed by atoms with Gasteiger partial charge < -0.3 is 9.84 Å². The fourth-order valence-corrected chi connectivity index (χ4v) is 3.15. The average Bonchev–Trinajstić information content (AvgIpc) is 2.51. The Balaban J connectivity index is 1.63. The zero-order valence-electron chi connectivity index (χ0n) is 13.8. The van der Waals surface area contributed by atoms with Gasteiger partial charge in [0, 0.05) is 25.3 Å². The lowest BCUT2D eigenvalue weighted by Gasteiger charge is -2.42. The van der Waals surface area contributed by atoms with E-state index in [1.165, 1.54) is 0 Å². The monoisotopic (exact) mass is 312 g/mol. The van der Waals surface area contributed by atoms with E-state index in [0.717, 1.165) is 36.6 Å². The van der Waals surface area contributed by atoms with Gasteiger partial charge >= 0.3 is 0 Å². The Bertz CT molecular complexity index is 643. The molecule has 1 aromatic heterocycles. The number of likely N-dealkylation sites (tertiary alicyclic amines) is 1. The Labute approximate surface area is 137 Å². The number of aryl methyl sites for hydroxylation is 1. The molecule has 0 saturated carbocycles. The maximum atomic E-state index is 10.8. The Kier molecular flexibility index (Phi) is 4.64. The number of pyridine rings is 1. The Morgan fingerprint density at radius 1 is 1.22 bits per heavy atom. The number of hydrogen-bond donors (Lipinski definition) is 1. The van der Waals surface area contributed by atoms with Crippen LogP contribution in [-0.2, 0) is 6.54 Å². The van der Waals surface area contributed by atoms with Gasteiger partial charge in [-0.2, -0.15) is 0 Å². The molecule has 1 N–H and O–H groups in total. The van der Waals surface area contributed by atoms with E-state index in [1.807, 2.05) is 62.4 Å². The van der Waals surface area contributed by atoms with Crippen LogP contribution in [0.4, 0.5) is 0 Å². The van der Waals surface area contributed by atoms with Crippen molar-refractivity contribution in [3.05, 3.63) is 59.9 Å². The standard InChI is InChI=1S/C19H24N2O2/c1-15-7-6-8-16(20-15)13-21-12-11-18(19(2,22)14-21)23-17-9-4-3-5-10-17/h3-10,18,22H,11-14H2,1-2H3/t18-,19-/m0/s1. The summed E-state index contributed by atoms with van der Waals surface area (Å²) < 4.78 is 6.00. The van der Waals surface area contributed by atoms with Crippen LogP contribution in [0.2, 0.25) is 0 Å². The van der Waals surface area contributed by atoms with Crippen LogP contribution in [0.1, 0.15) is 24.7 Å². The first kappa shape index (κ1) is 16.0. The molecule has 122 valence electrons. The fraction of sp³-hybridized carbons (Fsp3) is 0.421. The number of hydrogen-bond acceptors (Lipinski definition) is 4. The molecule has 1 saturated heterocycles. The third kappa shape index (κ3) is 4.09. The Morgan fingerprint density at radius 2 is 2.00 bits per heavy atom. The summed E-state index contributed by atoms with van der Waals surface area (Å²) in [5, 5.41) is 10.8. The number of ether oxygens (including phenoxy) is 1. The maximum absolute atomic E-state index is 10.8. The molecule has 2 aromatic rings. The van der Waals surface area contributed by atoms with Crippen LogP contribution in [0.3, 0.4) is 0 Å². The van der Waals surface area contributed by atoms with Gasteiger partial charge in [-0.1, -0.05) is 24.3 Å². The summed E-state index contributed by atoms with van der Waals surface area (Å²) in [5.74, 6) is 0.812. The number of aliphatic hydroxyl groups is 1. The predicted octanol–water partition coefficient (Wildman–Crippen LogP) is 2.79. The smallest absolute Gasteiger partial charge is 0.129 e. The zero-order valence-corrected chi connectivity index (χ0v) is 13.8. The van der Waals surface area contributed by atoms with Crippen LogP contribution in [0, 0.1) is 6.92 Å². The highest BCUT2D eigenvalue weighted by molar-refractivity contribution is 5.22. The molecular formula is C19H24N2O2. The van der Waals surface area contributed by atoms with Gasteiger partial charge in [-0.3, -0.25) is 9.88 Å². The van der Waals surface area contributed by atoms with Crippen LogP contribution in [0.25, 0.3) is 0 Å². The predicted molar refractivity (Wildman–Crippen MR) is 90.3 cm³/mol. The van der Waals surface area contributed by atoms with E-state index >= 15 is 0 Å². The van der Waals surface area contributed by atoms with Crippen molar-refractivity contribution in [2.75, 3.05) is 13.1 Å². The summed E-state index contributed by atoms with van der Waals surface area (Å²) in [7, 11) is 0. The van der Waals surface area contributed by atoms with Gasteiger partial charge in [0.15, 0.2) is 0 Å². The SMILES string of the molecule is Cc1cccc(CN2CC[C@H](Oc3ccccc3)[C@@](C)(O)C2)n1. The quantitative estimate of drug-likeness (QED) is 0.943. The minimum atomic E-state index is -0.877. The normalized spacial score (nSPS) is 25.3. The van der Waals surface area contributed by atoms with E-state index in [0.29, 0.717) is 6.54 Å². The molecule has 1 aliphatic heterocycles. The highest BCUT2D eigenvalue weighted by atomic mass is 16.5. The number of rotatable bonds is 4. The Hall–Kier alpha value is -1.91. The first-order chi connectivity index (χ1) is 11.0. The third-order valence-electron chi connectivity index (χ3n) is 4.30. The van der Waals surface area contributed by atoms with Gasteiger partial charge in [0.1, 0.15) is 17.5 Å². The van der Waals surface area contributed by atoms with Crippen LogP contribution < -0.4 is 4.74 Å². The van der Waals surface area contributed by atoms with Gasteiger partial charge in [0.2, 0.25) is 0 Å². The Morgan fingerprint density at radius 3 is 2.70 bits per heavy atom. The molecule has 1 fully saturated rings. The van der Waals surface area contributed by atoms with Gasteiger partial charge in [0.05, 0.1) is 5.69 Å². The lowest BCUT2D eigenvalue weighted by atomic mass is 9.91. The van der Waals surface area contributed by atoms with Crippen molar-refractivity contribution >= 4 is 0 Å². The lowest BCUT2D eigenvalue weighted by molar-refractivity contribution is -0.0994. The number of piperidine rings is 1. The molecule has 0 bridgehead atoms. The summed E-state index contributed by atoms with van der Waals surface area (Å²) in [6.07, 6.45) is 0.611. The lowest BCUT2D eigenvalue weighted by Crippen LogP contribution is -2.56. The molecule has 0 radical (unpaired) electrons. The molecular weight excluding hydrogens is 288 g/mol. The molecule has 0 amide bonds. The molecule has 2 heterocycles. The van der Waals surface area contributed by atoms with Crippen molar-refractivity contribution in [1.29, 1.82) is 0 Å². The second-order valence-electron chi connectivity index (χ2n) is 6.55. The molecule has 4 nitrogen and oxygen atoms in total. The molecule has 4 heteroatoms. The summed E-state index contributed by atoms with van der Waals surface area (Å²) in [4.78, 5) is 6.79. The van der Waals surface area contributed by atoms with Crippen molar-refractivity contribution in [1.82, 2.24) is 9.88 Å². The van der Waals surface area contributed by atoms with E-state index in [2.05, 4.69) is 9.88 Å². The van der Waals surface area contributed by atoms with Crippen molar-refractivity contribution in [3.8, 4) is 5.75 Å². The molecule has 1 aromatic carbocycles. The van der Waals surface area contributed by atoms with E-state index in [1.54, 1.807) is 0 Å². The van der Waals surface area contributed by atoms with E-state index in [-0.39, 0.29) is 6.10 Å². The maximum Gasteiger partial charge on any atom is 0.129 e. The van der Waals surface area contributed by atoms with E-state index < -0.39 is 5.60 Å². The number of aromatic nitrogens is 1. The molecule has 0 spiro atoms. The third-order valence-corrected chi connectivity index (χ3v) is 4.30. The number of nitrogens with zero attached hydrogens (tertiary/aromatic N) is 2. The molecule has 0 unspecified atom stereocenters. The van der Waals surface area contributed by atoms with Crippen LogP contribution in [-0.4, -0.2) is 39.8 Å². The second kappa shape index (κ2) is 6.69. The zero-order chi connectivity index (χ0) is 16.3. The van der Waals surface area contributed by atoms with Crippen molar-refractivity contribution in [2.24, 2.45) is 0 Å². The van der Waals surface area contributed by atoms with Gasteiger partial charge in [0.25, 0.3) is 0 Å². The first-order valence-corrected chi connectivity index (χ1v) is 8.12. The molecule has 1 aliphatic rings. The van der Waals surface area contributed by atoms with E-state index in [9.17, 15) is 5.11 Å². The van der Waals surface area contributed by atoms with Crippen molar-refractivity contribution < 1.29 is 9.84 Å². The summed E-state index contributed by atoms with van der Waals surface area (Å²) in [6, 6.07) is 15.8.